The van der Waals surface area contributed by atoms with Gasteiger partial charge in [0.15, 0.2) is 0 Å². The lowest BCUT2D eigenvalue weighted by molar-refractivity contribution is -0.165. The summed E-state index contributed by atoms with van der Waals surface area (Å²) in [6.07, 6.45) is 6.94. The Hall–Kier alpha value is -1.84. The first-order valence-corrected chi connectivity index (χ1v) is 9.95. The second-order valence-electron chi connectivity index (χ2n) is 9.80. The van der Waals surface area contributed by atoms with E-state index in [9.17, 15) is 9.59 Å². The van der Waals surface area contributed by atoms with Crippen molar-refractivity contribution in [1.82, 2.24) is 5.32 Å². The molecule has 140 valence electrons. The molecule has 0 aliphatic heterocycles. The van der Waals surface area contributed by atoms with E-state index in [0.29, 0.717) is 28.9 Å². The van der Waals surface area contributed by atoms with E-state index in [1.54, 1.807) is 12.1 Å². The van der Waals surface area contributed by atoms with Gasteiger partial charge in [-0.25, -0.2) is 0 Å². The molecule has 4 bridgehead atoms. The fraction of sp³-hybridized carbons (Fsp3) is 0.636. The maximum atomic E-state index is 13.3. The number of carbonyl (C=O) groups excluding carboxylic acids is 2. The maximum Gasteiger partial charge on any atom is 0.251 e. The Bertz CT molecular complexity index is 721. The molecule has 26 heavy (non-hydrogen) atoms. The summed E-state index contributed by atoms with van der Waals surface area (Å²) in [5.74, 6) is 0.809. The lowest BCUT2D eigenvalue weighted by atomic mass is 9.40. The van der Waals surface area contributed by atoms with E-state index in [1.807, 2.05) is 19.1 Å². The zero-order valence-electron chi connectivity index (χ0n) is 16.2. The Morgan fingerprint density at radius 1 is 1.00 bits per heavy atom. The van der Waals surface area contributed by atoms with Crippen LogP contribution in [-0.4, -0.2) is 18.4 Å². The van der Waals surface area contributed by atoms with E-state index in [4.69, 9.17) is 0 Å². The molecule has 4 fully saturated rings. The normalized spacial score (nSPS) is 37.4. The lowest BCUT2D eigenvalue weighted by Crippen LogP contribution is -2.58. The lowest BCUT2D eigenvalue weighted by Gasteiger charge is -2.64. The molecule has 2 amide bonds. The van der Waals surface area contributed by atoms with Crippen LogP contribution in [0.5, 0.6) is 0 Å². The second kappa shape index (κ2) is 5.83. The minimum atomic E-state index is -0.207. The van der Waals surface area contributed by atoms with Crippen molar-refractivity contribution in [3.63, 3.8) is 0 Å². The standard InChI is InChI=1S/C22H30N2O2/c1-4-23-18(25)16-5-7-17(8-6-16)24-19(26)22-11-15-9-20(2,13-22)12-21(3,10-15)14-22/h5-8,15H,4,9-14H2,1-3H3,(H,23,25)(H,24,26). The van der Waals surface area contributed by atoms with Crippen LogP contribution in [0.2, 0.25) is 0 Å². The highest BCUT2D eigenvalue weighted by Crippen LogP contribution is 2.69. The third-order valence-electron chi connectivity index (χ3n) is 6.85. The third-order valence-corrected chi connectivity index (χ3v) is 6.85. The minimum Gasteiger partial charge on any atom is -0.352 e. The number of nitrogens with one attached hydrogen (secondary N) is 2. The highest BCUT2D eigenvalue weighted by molar-refractivity contribution is 5.97. The molecule has 0 spiro atoms. The second-order valence-corrected chi connectivity index (χ2v) is 9.80. The first-order chi connectivity index (χ1) is 12.2. The molecule has 0 radical (unpaired) electrons. The monoisotopic (exact) mass is 354 g/mol. The molecule has 2 atom stereocenters. The van der Waals surface area contributed by atoms with Crippen molar-refractivity contribution in [3.8, 4) is 0 Å². The summed E-state index contributed by atoms with van der Waals surface area (Å²) >= 11 is 0. The zero-order valence-corrected chi connectivity index (χ0v) is 16.2. The largest absolute Gasteiger partial charge is 0.352 e. The van der Waals surface area contributed by atoms with Crippen molar-refractivity contribution in [2.24, 2.45) is 22.2 Å². The fourth-order valence-electron chi connectivity index (χ4n) is 6.93. The Morgan fingerprint density at radius 2 is 1.62 bits per heavy atom. The summed E-state index contributed by atoms with van der Waals surface area (Å²) in [6, 6.07) is 7.24. The van der Waals surface area contributed by atoms with Crippen LogP contribution in [0.1, 0.15) is 69.7 Å². The third kappa shape index (κ3) is 2.93. The van der Waals surface area contributed by atoms with Gasteiger partial charge in [0, 0.05) is 17.8 Å². The number of hydrogen-bond acceptors (Lipinski definition) is 2. The first-order valence-electron chi connectivity index (χ1n) is 9.95. The van der Waals surface area contributed by atoms with E-state index in [0.717, 1.165) is 24.9 Å². The molecule has 4 aliphatic rings. The van der Waals surface area contributed by atoms with Crippen LogP contribution in [0.3, 0.4) is 0 Å². The molecule has 1 aromatic rings. The van der Waals surface area contributed by atoms with Gasteiger partial charge in [-0.2, -0.15) is 0 Å². The molecule has 2 unspecified atom stereocenters. The van der Waals surface area contributed by atoms with Gasteiger partial charge in [-0.15, -0.1) is 0 Å². The molecule has 0 aromatic heterocycles. The van der Waals surface area contributed by atoms with Gasteiger partial charge in [0.1, 0.15) is 0 Å². The quantitative estimate of drug-likeness (QED) is 0.843. The number of hydrogen-bond donors (Lipinski definition) is 2. The van der Waals surface area contributed by atoms with Gasteiger partial charge in [-0.3, -0.25) is 9.59 Å². The van der Waals surface area contributed by atoms with Crippen LogP contribution in [0.25, 0.3) is 0 Å². The van der Waals surface area contributed by atoms with Crippen LogP contribution in [0.4, 0.5) is 5.69 Å². The van der Waals surface area contributed by atoms with Gasteiger partial charge in [-0.1, -0.05) is 13.8 Å². The highest BCUT2D eigenvalue weighted by atomic mass is 16.2. The summed E-state index contributed by atoms with van der Waals surface area (Å²) < 4.78 is 0. The van der Waals surface area contributed by atoms with E-state index in [1.165, 1.54) is 19.3 Å². The van der Waals surface area contributed by atoms with Gasteiger partial charge >= 0.3 is 0 Å². The number of rotatable bonds is 4. The molecule has 4 heteroatoms. The van der Waals surface area contributed by atoms with Gasteiger partial charge in [0.05, 0.1) is 5.41 Å². The Morgan fingerprint density at radius 3 is 2.15 bits per heavy atom. The molecule has 4 saturated carbocycles. The van der Waals surface area contributed by atoms with Gasteiger partial charge in [0.2, 0.25) is 5.91 Å². The van der Waals surface area contributed by atoms with E-state index in [-0.39, 0.29) is 17.2 Å². The Kier molecular flexibility index (Phi) is 3.94. The zero-order chi connectivity index (χ0) is 18.6. The van der Waals surface area contributed by atoms with Crippen LogP contribution in [0, 0.1) is 22.2 Å². The SMILES string of the molecule is CCNC(=O)c1ccc(NC(=O)C23CC4CC(C)(CC(C)(C4)C2)C3)cc1. The summed E-state index contributed by atoms with van der Waals surface area (Å²) in [5.41, 5.74) is 1.86. The predicted molar refractivity (Wildman–Crippen MR) is 103 cm³/mol. The van der Waals surface area contributed by atoms with Crippen molar-refractivity contribution in [2.45, 2.75) is 59.3 Å². The Balaban J connectivity index is 1.51. The molecular formula is C22H30N2O2. The van der Waals surface area contributed by atoms with Crippen molar-refractivity contribution in [2.75, 3.05) is 11.9 Å². The van der Waals surface area contributed by atoms with Crippen LogP contribution in [-0.2, 0) is 4.79 Å². The van der Waals surface area contributed by atoms with Crippen LogP contribution >= 0.6 is 0 Å². The Labute approximate surface area is 156 Å². The van der Waals surface area contributed by atoms with E-state index in [2.05, 4.69) is 24.5 Å². The molecule has 4 nitrogen and oxygen atoms in total. The topological polar surface area (TPSA) is 58.2 Å². The maximum absolute atomic E-state index is 13.3. The molecule has 0 heterocycles. The molecule has 5 rings (SSSR count). The number of carbonyl (C=O) groups is 2. The average molecular weight is 354 g/mol. The van der Waals surface area contributed by atoms with Crippen molar-refractivity contribution in [3.05, 3.63) is 29.8 Å². The first kappa shape index (κ1) is 17.6. The fourth-order valence-corrected chi connectivity index (χ4v) is 6.93. The summed E-state index contributed by atoms with van der Waals surface area (Å²) in [4.78, 5) is 25.2. The molecule has 4 aliphatic carbocycles. The van der Waals surface area contributed by atoms with Gasteiger partial charge < -0.3 is 10.6 Å². The van der Waals surface area contributed by atoms with E-state index >= 15 is 0 Å². The smallest absolute Gasteiger partial charge is 0.251 e. The van der Waals surface area contributed by atoms with Gasteiger partial charge in [0.25, 0.3) is 5.91 Å². The predicted octanol–water partition coefficient (Wildman–Crippen LogP) is 4.37. The molecule has 1 aromatic carbocycles. The average Bonchev–Trinajstić information content (AvgIpc) is 2.52. The molecular weight excluding hydrogens is 324 g/mol. The van der Waals surface area contributed by atoms with Crippen LogP contribution < -0.4 is 10.6 Å². The number of anilines is 1. The number of amides is 2. The van der Waals surface area contributed by atoms with Crippen molar-refractivity contribution >= 4 is 17.5 Å². The summed E-state index contributed by atoms with van der Waals surface area (Å²) in [7, 11) is 0. The highest BCUT2D eigenvalue weighted by Gasteiger charge is 2.62. The van der Waals surface area contributed by atoms with Crippen LogP contribution in [0.15, 0.2) is 24.3 Å². The summed E-state index contributed by atoms with van der Waals surface area (Å²) in [5, 5.41) is 5.95. The minimum absolute atomic E-state index is 0.0766. The van der Waals surface area contributed by atoms with Gasteiger partial charge in [-0.05, 0) is 86.5 Å². The molecule has 0 saturated heterocycles. The van der Waals surface area contributed by atoms with Crippen molar-refractivity contribution < 1.29 is 9.59 Å². The number of benzene rings is 1. The van der Waals surface area contributed by atoms with Crippen molar-refractivity contribution in [1.29, 1.82) is 0 Å². The van der Waals surface area contributed by atoms with E-state index < -0.39 is 0 Å². The molecule has 2 N–H and O–H groups in total. The summed E-state index contributed by atoms with van der Waals surface area (Å²) in [6.45, 7) is 7.29.